The Morgan fingerprint density at radius 2 is 2.19 bits per heavy atom. The highest BCUT2D eigenvalue weighted by atomic mass is 127. The van der Waals surface area contributed by atoms with Gasteiger partial charge in [-0.1, -0.05) is 18.2 Å². The molecule has 1 aliphatic heterocycles. The number of hydrogen-bond donors (Lipinski definition) is 0. The van der Waals surface area contributed by atoms with Crippen LogP contribution in [0.25, 0.3) is 5.57 Å². The number of hydrogen-bond acceptors (Lipinski definition) is 3. The number of allylic oxidation sites excluding steroid dienone is 1. The van der Waals surface area contributed by atoms with Crippen molar-refractivity contribution in [3.63, 3.8) is 0 Å². The number of nitrogens with zero attached hydrogens (tertiary/aromatic N) is 2. The summed E-state index contributed by atoms with van der Waals surface area (Å²) in [5.74, 6) is 0. The summed E-state index contributed by atoms with van der Waals surface area (Å²) < 4.78 is 2.24. The Morgan fingerprint density at radius 1 is 1.44 bits per heavy atom. The summed E-state index contributed by atoms with van der Waals surface area (Å²) in [7, 11) is 1.68. The van der Waals surface area contributed by atoms with E-state index in [1.807, 2.05) is 19.1 Å². The molecule has 0 atom stereocenters. The number of rotatable bonds is 1. The van der Waals surface area contributed by atoms with Crippen molar-refractivity contribution >= 4 is 41.6 Å². The first-order valence-electron chi connectivity index (χ1n) is 5.03. The monoisotopic (exact) mass is 342 g/mol. The fourth-order valence-electron chi connectivity index (χ4n) is 1.90. The first kappa shape index (κ1) is 11.8. The number of halogens is 1. The molecule has 1 aliphatic rings. The van der Waals surface area contributed by atoms with E-state index in [0.717, 1.165) is 24.1 Å². The maximum absolute atomic E-state index is 9.14. The van der Waals surface area contributed by atoms with E-state index in [1.54, 1.807) is 9.12 Å². The van der Waals surface area contributed by atoms with E-state index >= 15 is 0 Å². The zero-order valence-corrected chi connectivity index (χ0v) is 11.9. The highest BCUT2D eigenvalue weighted by Crippen LogP contribution is 2.38. The minimum atomic E-state index is 0.826. The molecular weight excluding hydrogens is 331 g/mol. The van der Waals surface area contributed by atoms with Crippen molar-refractivity contribution in [2.24, 2.45) is 0 Å². The summed E-state index contributed by atoms with van der Waals surface area (Å²) in [5, 5.41) is 9.14. The second kappa shape index (κ2) is 5.11. The molecule has 1 heterocycles. The van der Waals surface area contributed by atoms with Crippen LogP contribution in [0.3, 0.4) is 0 Å². The Kier molecular flexibility index (Phi) is 3.77. The van der Waals surface area contributed by atoms with Crippen LogP contribution >= 0.6 is 30.3 Å². The van der Waals surface area contributed by atoms with Gasteiger partial charge < -0.3 is 4.31 Å². The van der Waals surface area contributed by atoms with E-state index in [2.05, 4.69) is 43.7 Å². The molecule has 1 aromatic rings. The van der Waals surface area contributed by atoms with E-state index in [9.17, 15) is 0 Å². The van der Waals surface area contributed by atoms with Crippen LogP contribution in [0.2, 0.25) is 0 Å². The molecule has 0 N–H and O–H groups in total. The molecule has 0 aliphatic carbocycles. The molecule has 82 valence electrons. The zero-order valence-electron chi connectivity index (χ0n) is 8.90. The topological polar surface area (TPSA) is 27.0 Å². The first-order chi connectivity index (χ1) is 7.77. The Bertz CT molecular complexity index is 476. The van der Waals surface area contributed by atoms with Gasteiger partial charge in [0.15, 0.2) is 0 Å². The van der Waals surface area contributed by atoms with Gasteiger partial charge in [-0.15, -0.1) is 0 Å². The van der Waals surface area contributed by atoms with Crippen LogP contribution < -0.4 is 4.31 Å². The van der Waals surface area contributed by atoms with Crippen molar-refractivity contribution in [1.29, 1.82) is 5.26 Å². The molecule has 0 saturated carbocycles. The molecule has 0 amide bonds. The van der Waals surface area contributed by atoms with Gasteiger partial charge in [-0.2, -0.15) is 5.26 Å². The Labute approximate surface area is 112 Å². The third kappa shape index (κ3) is 2.06. The van der Waals surface area contributed by atoms with Gasteiger partial charge in [0, 0.05) is 54.4 Å². The Morgan fingerprint density at radius 3 is 2.88 bits per heavy atom. The number of benzene rings is 1. The van der Waals surface area contributed by atoms with Crippen LogP contribution in [0.4, 0.5) is 5.69 Å². The predicted molar refractivity (Wildman–Crippen MR) is 78.2 cm³/mol. The maximum atomic E-state index is 9.14. The van der Waals surface area contributed by atoms with E-state index in [4.69, 9.17) is 5.26 Å². The molecule has 2 rings (SSSR count). The first-order valence-corrected chi connectivity index (χ1v) is 8.35. The highest BCUT2D eigenvalue weighted by molar-refractivity contribution is 14.2. The lowest BCUT2D eigenvalue weighted by Gasteiger charge is -2.20. The number of fused-ring (bicyclic) bond motifs is 1. The molecule has 0 spiro atoms. The molecule has 0 fully saturated rings. The molecule has 0 unspecified atom stereocenters. The van der Waals surface area contributed by atoms with Crippen molar-refractivity contribution in [1.82, 2.24) is 0 Å². The molecular formula is C12H11IN2S. The van der Waals surface area contributed by atoms with Crippen LogP contribution in [0.5, 0.6) is 0 Å². The molecule has 1 aromatic carbocycles. The SMILES string of the molecule is CC1=C(C#N)CCN(SI)c2ccccc21. The van der Waals surface area contributed by atoms with Gasteiger partial charge in [-0.3, -0.25) is 0 Å². The second-order valence-electron chi connectivity index (χ2n) is 3.65. The number of anilines is 1. The van der Waals surface area contributed by atoms with Gasteiger partial charge >= 0.3 is 0 Å². The fraction of sp³-hybridized carbons (Fsp3) is 0.250. The van der Waals surface area contributed by atoms with Crippen LogP contribution in [0, 0.1) is 11.3 Å². The van der Waals surface area contributed by atoms with Gasteiger partial charge in [-0.25, -0.2) is 0 Å². The van der Waals surface area contributed by atoms with Crippen LogP contribution in [0.15, 0.2) is 29.8 Å². The minimum Gasteiger partial charge on any atom is -0.307 e. The van der Waals surface area contributed by atoms with Crippen molar-refractivity contribution in [2.75, 3.05) is 10.8 Å². The lowest BCUT2D eigenvalue weighted by atomic mass is 10.0. The summed E-state index contributed by atoms with van der Waals surface area (Å²) in [4.78, 5) is 0. The van der Waals surface area contributed by atoms with E-state index < -0.39 is 0 Å². The Balaban J connectivity index is 2.58. The van der Waals surface area contributed by atoms with E-state index in [-0.39, 0.29) is 0 Å². The molecule has 4 heteroatoms. The van der Waals surface area contributed by atoms with Crippen molar-refractivity contribution < 1.29 is 0 Å². The second-order valence-corrected chi connectivity index (χ2v) is 5.41. The highest BCUT2D eigenvalue weighted by Gasteiger charge is 2.18. The number of para-hydroxylation sites is 1. The molecule has 16 heavy (non-hydrogen) atoms. The molecule has 0 saturated heterocycles. The van der Waals surface area contributed by atoms with Gasteiger partial charge in [0.1, 0.15) is 0 Å². The van der Waals surface area contributed by atoms with Gasteiger partial charge in [-0.05, 0) is 18.6 Å². The third-order valence-electron chi connectivity index (χ3n) is 2.81. The van der Waals surface area contributed by atoms with Crippen LogP contribution in [0.1, 0.15) is 18.9 Å². The number of nitriles is 1. The predicted octanol–water partition coefficient (Wildman–Crippen LogP) is 4.19. The summed E-state index contributed by atoms with van der Waals surface area (Å²) >= 11 is 2.29. The minimum absolute atomic E-state index is 0.826. The van der Waals surface area contributed by atoms with Gasteiger partial charge in [0.25, 0.3) is 0 Å². The molecule has 0 aromatic heterocycles. The normalized spacial score (nSPS) is 15.4. The maximum Gasteiger partial charge on any atom is 0.0950 e. The average Bonchev–Trinajstić information content (AvgIpc) is 2.47. The Hall–Kier alpha value is -0.670. The largest absolute Gasteiger partial charge is 0.307 e. The van der Waals surface area contributed by atoms with E-state index in [1.165, 1.54) is 11.3 Å². The van der Waals surface area contributed by atoms with Crippen molar-refractivity contribution in [2.45, 2.75) is 13.3 Å². The summed E-state index contributed by atoms with van der Waals surface area (Å²) in [6, 6.07) is 10.6. The standard InChI is InChI=1S/C12H11IN2S/c1-9-10(8-14)6-7-15(16-13)12-5-3-2-4-11(9)12/h2-5H,6-7H2,1H3. The molecule has 0 bridgehead atoms. The lowest BCUT2D eigenvalue weighted by Crippen LogP contribution is -2.13. The smallest absolute Gasteiger partial charge is 0.0950 e. The van der Waals surface area contributed by atoms with Crippen molar-refractivity contribution in [3.05, 3.63) is 35.4 Å². The molecule has 2 nitrogen and oxygen atoms in total. The summed E-state index contributed by atoms with van der Waals surface area (Å²) in [6.45, 7) is 2.93. The van der Waals surface area contributed by atoms with Gasteiger partial charge in [0.05, 0.1) is 11.8 Å². The van der Waals surface area contributed by atoms with Crippen molar-refractivity contribution in [3.8, 4) is 6.07 Å². The zero-order chi connectivity index (χ0) is 11.5. The summed E-state index contributed by atoms with van der Waals surface area (Å²) in [6.07, 6.45) is 0.826. The van der Waals surface area contributed by atoms with Gasteiger partial charge in [0.2, 0.25) is 0 Å². The van der Waals surface area contributed by atoms with Crippen LogP contribution in [-0.4, -0.2) is 6.54 Å². The molecule has 0 radical (unpaired) electrons. The fourth-order valence-corrected chi connectivity index (χ4v) is 3.52. The van der Waals surface area contributed by atoms with Crippen LogP contribution in [-0.2, 0) is 0 Å². The lowest BCUT2D eigenvalue weighted by molar-refractivity contribution is 0.987. The third-order valence-corrected chi connectivity index (χ3v) is 4.78. The quantitative estimate of drug-likeness (QED) is 0.566. The summed E-state index contributed by atoms with van der Waals surface area (Å²) in [5.41, 5.74) is 4.41. The average molecular weight is 342 g/mol. The van der Waals surface area contributed by atoms with E-state index in [0.29, 0.717) is 0 Å².